The number of carbonyl (C=O) groups is 2. The molecule has 96 valence electrons. The zero-order valence-electron chi connectivity index (χ0n) is 10.2. The van der Waals surface area contributed by atoms with Crippen molar-refractivity contribution < 1.29 is 23.5 Å². The van der Waals surface area contributed by atoms with Crippen LogP contribution < -0.4 is 10.4 Å². The van der Waals surface area contributed by atoms with Gasteiger partial charge in [0.1, 0.15) is 11.5 Å². The molecule has 0 N–H and O–H groups in total. The van der Waals surface area contributed by atoms with Gasteiger partial charge in [-0.2, -0.15) is 0 Å². The number of methoxy groups -OCH3 is 2. The van der Waals surface area contributed by atoms with Crippen LogP contribution in [0.3, 0.4) is 0 Å². The lowest BCUT2D eigenvalue weighted by atomic mass is 10.1. The van der Waals surface area contributed by atoms with E-state index in [0.717, 1.165) is 6.08 Å². The van der Waals surface area contributed by atoms with E-state index >= 15 is 0 Å². The Morgan fingerprint density at radius 2 is 2.00 bits per heavy atom. The minimum absolute atomic E-state index is 0.0529. The highest BCUT2D eigenvalue weighted by atomic mass is 16.5. The Labute approximate surface area is 103 Å². The molecule has 0 aliphatic heterocycles. The van der Waals surface area contributed by atoms with Crippen molar-refractivity contribution in [2.24, 2.45) is 0 Å². The molecule has 0 amide bonds. The van der Waals surface area contributed by atoms with Gasteiger partial charge in [-0.25, -0.2) is 9.59 Å². The van der Waals surface area contributed by atoms with Crippen molar-refractivity contribution >= 4 is 18.3 Å². The Bertz CT molecular complexity index is 552. The fraction of sp³-hybridized carbons (Fsp3) is 0.250. The summed E-state index contributed by atoms with van der Waals surface area (Å²) in [6.45, 7) is 1.48. The Kier molecular flexibility index (Phi) is 4.42. The quantitative estimate of drug-likeness (QED) is 0.451. The van der Waals surface area contributed by atoms with Crippen LogP contribution >= 0.6 is 0 Å². The van der Waals surface area contributed by atoms with Crippen molar-refractivity contribution in [1.29, 1.82) is 0 Å². The monoisotopic (exact) mass is 252 g/mol. The summed E-state index contributed by atoms with van der Waals surface area (Å²) in [5.41, 5.74) is -0.383. The molecule has 18 heavy (non-hydrogen) atoms. The zero-order chi connectivity index (χ0) is 13.7. The molecule has 0 atom stereocenters. The third kappa shape index (κ3) is 2.65. The Balaban J connectivity index is 3.40. The van der Waals surface area contributed by atoms with Gasteiger partial charge in [0.05, 0.1) is 25.3 Å². The van der Waals surface area contributed by atoms with Crippen LogP contribution in [0.2, 0.25) is 0 Å². The molecule has 0 unspecified atom stereocenters. The average molecular weight is 252 g/mol. The lowest BCUT2D eigenvalue weighted by Gasteiger charge is -2.07. The number of rotatable bonds is 4. The molecular weight excluding hydrogens is 240 g/mol. The Morgan fingerprint density at radius 3 is 2.50 bits per heavy atom. The third-order valence-corrected chi connectivity index (χ3v) is 2.25. The van der Waals surface area contributed by atoms with Gasteiger partial charge in [0.2, 0.25) is 0 Å². The molecule has 0 fully saturated rings. The van der Waals surface area contributed by atoms with Crippen LogP contribution in [0, 0.1) is 6.92 Å². The van der Waals surface area contributed by atoms with Crippen molar-refractivity contribution in [2.45, 2.75) is 6.92 Å². The Morgan fingerprint density at radius 1 is 1.33 bits per heavy atom. The molecule has 1 heterocycles. The molecule has 6 heteroatoms. The van der Waals surface area contributed by atoms with Gasteiger partial charge in [0.25, 0.3) is 0 Å². The summed E-state index contributed by atoms with van der Waals surface area (Å²) < 4.78 is 14.3. The molecule has 6 nitrogen and oxygen atoms in total. The largest absolute Gasteiger partial charge is 0.495 e. The van der Waals surface area contributed by atoms with Gasteiger partial charge in [-0.05, 0) is 13.0 Å². The number of hydrogen-bond donors (Lipinski definition) is 0. The number of esters is 1. The van der Waals surface area contributed by atoms with E-state index in [4.69, 9.17) is 9.15 Å². The first-order valence-electron chi connectivity index (χ1n) is 4.98. The summed E-state index contributed by atoms with van der Waals surface area (Å²) >= 11 is 0. The van der Waals surface area contributed by atoms with E-state index in [9.17, 15) is 14.4 Å². The molecule has 0 radical (unpaired) electrons. The highest BCUT2D eigenvalue weighted by Gasteiger charge is 2.16. The number of carbonyl (C=O) groups excluding carboxylic acids is 2. The second-order valence-electron chi connectivity index (χ2n) is 3.30. The number of hydrogen-bond acceptors (Lipinski definition) is 6. The SMILES string of the molecule is COC(=O)/C=C/c1oc(=O)c(C)c(OC)c1C=O. The first-order chi connectivity index (χ1) is 8.54. The van der Waals surface area contributed by atoms with E-state index in [1.807, 2.05) is 0 Å². The van der Waals surface area contributed by atoms with Gasteiger partial charge in [0.15, 0.2) is 6.29 Å². The average Bonchev–Trinajstić information content (AvgIpc) is 2.38. The minimum Gasteiger partial charge on any atom is -0.495 e. The van der Waals surface area contributed by atoms with Crippen molar-refractivity contribution in [3.63, 3.8) is 0 Å². The van der Waals surface area contributed by atoms with Crippen LogP contribution in [0.4, 0.5) is 0 Å². The van der Waals surface area contributed by atoms with Gasteiger partial charge < -0.3 is 13.9 Å². The standard InChI is InChI=1S/C12H12O6/c1-7-11(17-3)8(6-13)9(18-12(7)15)4-5-10(14)16-2/h4-6H,1-3H3/b5-4+. The lowest BCUT2D eigenvalue weighted by molar-refractivity contribution is -0.134. The fourth-order valence-electron chi connectivity index (χ4n) is 1.35. The summed E-state index contributed by atoms with van der Waals surface area (Å²) in [6, 6.07) is 0. The van der Waals surface area contributed by atoms with E-state index < -0.39 is 11.6 Å². The predicted molar refractivity (Wildman–Crippen MR) is 62.7 cm³/mol. The molecule has 1 rings (SSSR count). The topological polar surface area (TPSA) is 82.8 Å². The fourth-order valence-corrected chi connectivity index (χ4v) is 1.35. The molecule has 0 saturated heterocycles. The van der Waals surface area contributed by atoms with Gasteiger partial charge >= 0.3 is 11.6 Å². The number of aldehydes is 1. The lowest BCUT2D eigenvalue weighted by Crippen LogP contribution is -2.10. The normalized spacial score (nSPS) is 10.4. The smallest absolute Gasteiger partial charge is 0.342 e. The van der Waals surface area contributed by atoms with Gasteiger partial charge in [-0.1, -0.05) is 0 Å². The predicted octanol–water partition coefficient (Wildman–Crippen LogP) is 0.956. The van der Waals surface area contributed by atoms with Crippen LogP contribution in [0.15, 0.2) is 15.3 Å². The van der Waals surface area contributed by atoms with Gasteiger partial charge in [-0.15, -0.1) is 0 Å². The molecule has 1 aromatic heterocycles. The molecule has 0 aliphatic rings. The molecule has 0 saturated carbocycles. The molecular formula is C12H12O6. The second kappa shape index (κ2) is 5.81. The van der Waals surface area contributed by atoms with E-state index in [1.165, 1.54) is 27.2 Å². The maximum atomic E-state index is 11.5. The molecule has 1 aromatic rings. The van der Waals surface area contributed by atoms with Gasteiger partial charge in [-0.3, -0.25) is 4.79 Å². The van der Waals surface area contributed by atoms with E-state index in [0.29, 0.717) is 6.29 Å². The van der Waals surface area contributed by atoms with E-state index in [1.54, 1.807) is 0 Å². The van der Waals surface area contributed by atoms with E-state index in [2.05, 4.69) is 4.74 Å². The van der Waals surface area contributed by atoms with Crippen LogP contribution in [0.25, 0.3) is 6.08 Å². The number of ether oxygens (including phenoxy) is 2. The molecule has 0 aliphatic carbocycles. The molecule has 0 bridgehead atoms. The first kappa shape index (κ1) is 13.7. The highest BCUT2D eigenvalue weighted by Crippen LogP contribution is 2.23. The van der Waals surface area contributed by atoms with Crippen LogP contribution in [-0.4, -0.2) is 26.5 Å². The van der Waals surface area contributed by atoms with Crippen LogP contribution in [0.5, 0.6) is 5.75 Å². The van der Waals surface area contributed by atoms with Crippen molar-refractivity contribution in [3.05, 3.63) is 33.4 Å². The maximum Gasteiger partial charge on any atom is 0.342 e. The van der Waals surface area contributed by atoms with E-state index in [-0.39, 0.29) is 22.6 Å². The van der Waals surface area contributed by atoms with Crippen LogP contribution in [0.1, 0.15) is 21.7 Å². The maximum absolute atomic E-state index is 11.5. The molecule has 0 aromatic carbocycles. The summed E-state index contributed by atoms with van der Waals surface area (Å²) in [4.78, 5) is 33.4. The van der Waals surface area contributed by atoms with Crippen molar-refractivity contribution in [3.8, 4) is 5.75 Å². The summed E-state index contributed by atoms with van der Waals surface area (Å²) in [7, 11) is 2.54. The van der Waals surface area contributed by atoms with Crippen LogP contribution in [-0.2, 0) is 9.53 Å². The molecule has 0 spiro atoms. The summed E-state index contributed by atoms with van der Waals surface area (Å²) in [6.07, 6.45) is 2.71. The van der Waals surface area contributed by atoms with Crippen molar-refractivity contribution in [2.75, 3.05) is 14.2 Å². The summed E-state index contributed by atoms with van der Waals surface area (Å²) in [5.74, 6) is -0.553. The Hall–Kier alpha value is -2.37. The van der Waals surface area contributed by atoms with Crippen molar-refractivity contribution in [1.82, 2.24) is 0 Å². The zero-order valence-corrected chi connectivity index (χ0v) is 10.2. The minimum atomic E-state index is -0.637. The first-order valence-corrected chi connectivity index (χ1v) is 4.98. The van der Waals surface area contributed by atoms with Gasteiger partial charge in [0, 0.05) is 6.08 Å². The highest BCUT2D eigenvalue weighted by molar-refractivity contribution is 5.90. The second-order valence-corrected chi connectivity index (χ2v) is 3.30. The third-order valence-electron chi connectivity index (χ3n) is 2.25. The summed E-state index contributed by atoms with van der Waals surface area (Å²) in [5, 5.41) is 0.